The summed E-state index contributed by atoms with van der Waals surface area (Å²) < 4.78 is 5.12. The fourth-order valence-corrected chi connectivity index (χ4v) is 2.89. The van der Waals surface area contributed by atoms with Crippen LogP contribution in [-0.2, 0) is 6.54 Å². The second-order valence-electron chi connectivity index (χ2n) is 5.80. The molecule has 2 N–H and O–H groups in total. The van der Waals surface area contributed by atoms with E-state index < -0.39 is 0 Å². The number of halogens is 1. The zero-order valence-corrected chi connectivity index (χ0v) is 15.0. The molecule has 0 amide bonds. The maximum absolute atomic E-state index is 6.15. The maximum atomic E-state index is 6.15. The number of piperazine rings is 1. The van der Waals surface area contributed by atoms with Gasteiger partial charge in [-0.15, -0.1) is 0 Å². The molecule has 0 spiro atoms. The highest BCUT2D eigenvalue weighted by Crippen LogP contribution is 2.19. The summed E-state index contributed by atoms with van der Waals surface area (Å²) in [5.41, 5.74) is 8.17. The third-order valence-corrected chi connectivity index (χ3v) is 4.44. The van der Waals surface area contributed by atoms with Gasteiger partial charge in [-0.05, 0) is 30.3 Å². The molecule has 0 radical (unpaired) electrons. The number of guanidine groups is 1. The maximum Gasteiger partial charge on any atom is 0.213 e. The number of nitrogens with two attached hydrogens (primary N) is 1. The van der Waals surface area contributed by atoms with Gasteiger partial charge in [-0.3, -0.25) is 0 Å². The number of ether oxygens (including phenoxy) is 1. The van der Waals surface area contributed by atoms with E-state index in [4.69, 9.17) is 22.1 Å². The molecule has 7 heteroatoms. The van der Waals surface area contributed by atoms with Gasteiger partial charge in [0.1, 0.15) is 0 Å². The van der Waals surface area contributed by atoms with Crippen molar-refractivity contribution < 1.29 is 4.74 Å². The molecular weight excluding hydrogens is 338 g/mol. The summed E-state index contributed by atoms with van der Waals surface area (Å²) in [5, 5.41) is 0.755. The Morgan fingerprint density at radius 1 is 1.16 bits per heavy atom. The minimum atomic E-state index is 0.445. The fourth-order valence-electron chi connectivity index (χ4n) is 2.77. The summed E-state index contributed by atoms with van der Waals surface area (Å²) in [5.74, 6) is 1.14. The van der Waals surface area contributed by atoms with Crippen molar-refractivity contribution in [2.75, 3.05) is 38.2 Å². The first-order valence-corrected chi connectivity index (χ1v) is 8.59. The molecule has 0 atom stereocenters. The topological polar surface area (TPSA) is 67.0 Å². The molecule has 6 nitrogen and oxygen atoms in total. The van der Waals surface area contributed by atoms with Crippen LogP contribution in [0.4, 0.5) is 5.69 Å². The van der Waals surface area contributed by atoms with Crippen LogP contribution >= 0.6 is 11.6 Å². The summed E-state index contributed by atoms with van der Waals surface area (Å²) in [6, 6.07) is 13.6. The highest BCUT2D eigenvalue weighted by molar-refractivity contribution is 6.30. The van der Waals surface area contributed by atoms with E-state index in [0.717, 1.165) is 36.9 Å². The molecule has 1 saturated heterocycles. The summed E-state index contributed by atoms with van der Waals surface area (Å²) >= 11 is 5.95. The third kappa shape index (κ3) is 4.54. The molecule has 0 aliphatic carbocycles. The predicted octanol–water partition coefficient (Wildman–Crippen LogP) is 2.38. The average molecular weight is 360 g/mol. The Labute approximate surface area is 152 Å². The van der Waals surface area contributed by atoms with Gasteiger partial charge in [0.25, 0.3) is 0 Å². The van der Waals surface area contributed by atoms with Crippen LogP contribution in [0.3, 0.4) is 0 Å². The molecule has 0 bridgehead atoms. The second-order valence-corrected chi connectivity index (χ2v) is 6.23. The Bertz CT molecular complexity index is 727. The number of hydrogen-bond acceptors (Lipinski definition) is 4. The summed E-state index contributed by atoms with van der Waals surface area (Å²) in [6.07, 6.45) is 0. The first-order valence-electron chi connectivity index (χ1n) is 8.21. The van der Waals surface area contributed by atoms with Crippen molar-refractivity contribution in [3.8, 4) is 5.88 Å². The predicted molar refractivity (Wildman–Crippen MR) is 101 cm³/mol. The summed E-state index contributed by atoms with van der Waals surface area (Å²) in [6.45, 7) is 3.91. The monoisotopic (exact) mass is 359 g/mol. The number of hydrogen-bond donors (Lipinski definition) is 1. The second kappa shape index (κ2) is 8.07. The van der Waals surface area contributed by atoms with Gasteiger partial charge in [0.05, 0.1) is 19.3 Å². The molecule has 1 aromatic carbocycles. The van der Waals surface area contributed by atoms with Crippen LogP contribution in [0.25, 0.3) is 0 Å². The highest BCUT2D eigenvalue weighted by atomic mass is 35.5. The van der Waals surface area contributed by atoms with Gasteiger partial charge >= 0.3 is 0 Å². The largest absolute Gasteiger partial charge is 0.481 e. The third-order valence-electron chi connectivity index (χ3n) is 4.19. The Kier molecular flexibility index (Phi) is 5.60. The quantitative estimate of drug-likeness (QED) is 0.670. The number of anilines is 1. The van der Waals surface area contributed by atoms with Gasteiger partial charge in [0.15, 0.2) is 5.96 Å². The molecule has 1 fully saturated rings. The number of aliphatic imine (C=N–C) groups is 1. The molecule has 25 heavy (non-hydrogen) atoms. The number of methoxy groups -OCH3 is 1. The van der Waals surface area contributed by atoms with E-state index in [9.17, 15) is 0 Å². The lowest BCUT2D eigenvalue weighted by Crippen LogP contribution is -2.51. The number of pyridine rings is 1. The van der Waals surface area contributed by atoms with Crippen molar-refractivity contribution in [1.82, 2.24) is 9.88 Å². The first-order chi connectivity index (χ1) is 12.2. The van der Waals surface area contributed by atoms with Gasteiger partial charge in [-0.25, -0.2) is 9.98 Å². The Balaban J connectivity index is 1.55. The SMILES string of the molecule is COc1cccc(CN=C(N)N2CCN(c3ccc(Cl)cc3)CC2)n1. The summed E-state index contributed by atoms with van der Waals surface area (Å²) in [7, 11) is 1.60. The van der Waals surface area contributed by atoms with Crippen molar-refractivity contribution in [3.05, 3.63) is 53.2 Å². The smallest absolute Gasteiger partial charge is 0.213 e. The Hall–Kier alpha value is -2.47. The molecule has 0 unspecified atom stereocenters. The molecule has 1 aromatic heterocycles. The molecule has 2 aromatic rings. The van der Waals surface area contributed by atoms with Crippen LogP contribution in [0.1, 0.15) is 5.69 Å². The van der Waals surface area contributed by atoms with Gasteiger partial charge in [0.2, 0.25) is 5.88 Å². The van der Waals surface area contributed by atoms with E-state index in [1.807, 2.05) is 42.5 Å². The van der Waals surface area contributed by atoms with E-state index in [1.54, 1.807) is 7.11 Å². The van der Waals surface area contributed by atoms with Gasteiger partial charge < -0.3 is 20.3 Å². The zero-order valence-electron chi connectivity index (χ0n) is 14.2. The van der Waals surface area contributed by atoms with E-state index in [0.29, 0.717) is 18.4 Å². The number of aromatic nitrogens is 1. The molecule has 1 aliphatic rings. The molecule has 3 rings (SSSR count). The van der Waals surface area contributed by atoms with Crippen molar-refractivity contribution in [2.24, 2.45) is 10.7 Å². The van der Waals surface area contributed by atoms with Crippen molar-refractivity contribution >= 4 is 23.2 Å². The lowest BCUT2D eigenvalue weighted by Gasteiger charge is -2.36. The molecule has 132 valence electrons. The van der Waals surface area contributed by atoms with Crippen LogP contribution in [-0.4, -0.2) is 49.1 Å². The number of rotatable bonds is 4. The van der Waals surface area contributed by atoms with Crippen LogP contribution < -0.4 is 15.4 Å². The van der Waals surface area contributed by atoms with Crippen LogP contribution in [0.15, 0.2) is 47.5 Å². The normalized spacial score (nSPS) is 15.4. The van der Waals surface area contributed by atoms with Gasteiger partial charge in [0, 0.05) is 43.0 Å². The van der Waals surface area contributed by atoms with Crippen molar-refractivity contribution in [1.29, 1.82) is 0 Å². The molecule has 0 saturated carbocycles. The first kappa shape index (κ1) is 17.4. The summed E-state index contributed by atoms with van der Waals surface area (Å²) in [4.78, 5) is 13.2. The van der Waals surface area contributed by atoms with Crippen molar-refractivity contribution in [3.63, 3.8) is 0 Å². The van der Waals surface area contributed by atoms with E-state index in [2.05, 4.69) is 19.8 Å². The number of benzene rings is 1. The molecule has 2 heterocycles. The van der Waals surface area contributed by atoms with E-state index in [1.165, 1.54) is 5.69 Å². The number of nitrogens with zero attached hydrogens (tertiary/aromatic N) is 4. The van der Waals surface area contributed by atoms with Gasteiger partial charge in [-0.2, -0.15) is 0 Å². The van der Waals surface area contributed by atoms with E-state index in [-0.39, 0.29) is 0 Å². The molecular formula is C18H22ClN5O. The average Bonchev–Trinajstić information content (AvgIpc) is 2.67. The fraction of sp³-hybridized carbons (Fsp3) is 0.333. The molecule has 1 aliphatic heterocycles. The van der Waals surface area contributed by atoms with Crippen LogP contribution in [0.2, 0.25) is 5.02 Å². The zero-order chi connectivity index (χ0) is 17.6. The Morgan fingerprint density at radius 3 is 2.56 bits per heavy atom. The highest BCUT2D eigenvalue weighted by Gasteiger charge is 2.18. The van der Waals surface area contributed by atoms with E-state index >= 15 is 0 Å². The van der Waals surface area contributed by atoms with Crippen LogP contribution in [0, 0.1) is 0 Å². The Morgan fingerprint density at radius 2 is 1.88 bits per heavy atom. The lowest BCUT2D eigenvalue weighted by atomic mass is 10.2. The minimum Gasteiger partial charge on any atom is -0.481 e. The lowest BCUT2D eigenvalue weighted by molar-refractivity contribution is 0.380. The minimum absolute atomic E-state index is 0.445. The van der Waals surface area contributed by atoms with Crippen molar-refractivity contribution in [2.45, 2.75) is 6.54 Å². The standard InChI is InChI=1S/C18H22ClN5O/c1-25-17-4-2-3-15(22-17)13-21-18(20)24-11-9-23(10-12-24)16-7-5-14(19)6-8-16/h2-8H,9-13H2,1H3,(H2,20,21). The van der Waals surface area contributed by atoms with Crippen LogP contribution in [0.5, 0.6) is 5.88 Å². The van der Waals surface area contributed by atoms with Gasteiger partial charge in [-0.1, -0.05) is 17.7 Å².